The van der Waals surface area contributed by atoms with Crippen LogP contribution >= 0.6 is 11.8 Å². The smallest absolute Gasteiger partial charge is 0.408 e. The molecule has 2 aromatic rings. The first kappa shape index (κ1) is 23.1. The van der Waals surface area contributed by atoms with E-state index in [1.165, 1.54) is 24.3 Å². The lowest BCUT2D eigenvalue weighted by Gasteiger charge is -2.17. The number of unbranched alkanes of at least 4 members (excludes halogenated alkanes) is 1. The zero-order valence-corrected chi connectivity index (χ0v) is 16.8. The molecule has 160 valence electrons. The van der Waals surface area contributed by atoms with Crippen molar-refractivity contribution in [2.75, 3.05) is 6.54 Å². The summed E-state index contributed by atoms with van der Waals surface area (Å²) in [6.07, 6.45) is 0.842. The fourth-order valence-electron chi connectivity index (χ4n) is 2.52. The van der Waals surface area contributed by atoms with Crippen LogP contribution in [0.15, 0.2) is 54.6 Å². The monoisotopic (exact) mass is 435 g/mol. The van der Waals surface area contributed by atoms with Gasteiger partial charge < -0.3 is 14.8 Å². The maximum absolute atomic E-state index is 12.5. The number of nitrogens with zero attached hydrogens (tertiary/aromatic N) is 1. The second-order valence-electron chi connectivity index (χ2n) is 6.31. The number of carbonyl (C=O) groups excluding carboxylic acids is 2. The van der Waals surface area contributed by atoms with Crippen LogP contribution in [0.3, 0.4) is 0 Å². The number of nitro groups is 1. The van der Waals surface area contributed by atoms with E-state index in [1.807, 2.05) is 30.3 Å². The lowest BCUT2D eigenvalue weighted by molar-refractivity contribution is -0.384. The van der Waals surface area contributed by atoms with Gasteiger partial charge in [0, 0.05) is 18.7 Å². The molecule has 0 aliphatic heterocycles. The summed E-state index contributed by atoms with van der Waals surface area (Å²) in [4.78, 5) is 37.3. The van der Waals surface area contributed by atoms with Crippen molar-refractivity contribution in [1.29, 1.82) is 0 Å². The van der Waals surface area contributed by atoms with E-state index in [9.17, 15) is 19.7 Å². The van der Waals surface area contributed by atoms with Crippen LogP contribution in [-0.4, -0.2) is 29.6 Å². The van der Waals surface area contributed by atoms with Gasteiger partial charge in [-0.15, -0.1) is 0 Å². The molecule has 1 unspecified atom stereocenters. The van der Waals surface area contributed by atoms with E-state index in [-0.39, 0.29) is 18.0 Å². The zero-order valence-electron chi connectivity index (χ0n) is 16.1. The Morgan fingerprint density at radius 3 is 2.40 bits per heavy atom. The Balaban J connectivity index is 1.95. The van der Waals surface area contributed by atoms with Crippen molar-refractivity contribution in [3.05, 3.63) is 70.3 Å². The molecular weight excluding hydrogens is 414 g/mol. The highest BCUT2D eigenvalue weighted by Crippen LogP contribution is 2.18. The summed E-state index contributed by atoms with van der Waals surface area (Å²) in [5.74, 6) is -0.558. The van der Waals surface area contributed by atoms with Crippen molar-refractivity contribution >= 4 is 29.5 Å². The summed E-state index contributed by atoms with van der Waals surface area (Å²) in [5, 5.41) is 13.2. The average molecular weight is 436 g/mol. The lowest BCUT2D eigenvalue weighted by Crippen LogP contribution is -2.43. The molecule has 0 saturated carbocycles. The Labute approximate surface area is 178 Å². The minimum Gasteiger partial charge on any atom is -0.445 e. The molecule has 1 amide bonds. The number of hydrogen-bond donors (Lipinski definition) is 2. The maximum atomic E-state index is 12.5. The Kier molecular flexibility index (Phi) is 9.56. The van der Waals surface area contributed by atoms with Crippen molar-refractivity contribution in [1.82, 2.24) is 10.2 Å². The molecule has 30 heavy (non-hydrogen) atoms. The number of esters is 1. The van der Waals surface area contributed by atoms with Crippen molar-refractivity contribution in [3.8, 4) is 5.75 Å². The highest BCUT2D eigenvalue weighted by Gasteiger charge is 2.23. The number of nitro benzene ring substituents is 1. The largest absolute Gasteiger partial charge is 0.445 e. The van der Waals surface area contributed by atoms with Gasteiger partial charge in [0.2, 0.25) is 0 Å². The number of alkyl carbamates (subject to hydrolysis) is 1. The Bertz CT molecular complexity index is 832. The third kappa shape index (κ3) is 8.06. The lowest BCUT2D eigenvalue weighted by atomic mass is 10.1. The number of non-ortho nitro benzene ring substituents is 1. The van der Waals surface area contributed by atoms with E-state index in [2.05, 4.69) is 10.2 Å². The maximum Gasteiger partial charge on any atom is 0.408 e. The molecule has 0 fully saturated rings. The number of hydrogen-bond acceptors (Lipinski definition) is 7. The van der Waals surface area contributed by atoms with Crippen molar-refractivity contribution in [3.63, 3.8) is 0 Å². The normalized spacial score (nSPS) is 11.4. The van der Waals surface area contributed by atoms with E-state index in [0.29, 0.717) is 25.8 Å². The van der Waals surface area contributed by atoms with Gasteiger partial charge in [0.1, 0.15) is 18.4 Å². The number of benzene rings is 2. The molecule has 0 aliphatic rings. The predicted molar refractivity (Wildman–Crippen MR) is 110 cm³/mol. The standard InChI is InChI=1S/C20H22ClN3O6/c21-22-13-5-4-8-18(23-20(26)29-14-15-6-2-1-3-7-15)19(25)30-17-11-9-16(10-12-17)24(27)28/h1-3,6-7,9-12,18,22H,4-5,8,13-14H2,(H,23,26). The highest BCUT2D eigenvalue weighted by molar-refractivity contribution is 6.13. The Hall–Kier alpha value is -3.17. The Morgan fingerprint density at radius 2 is 1.77 bits per heavy atom. The van der Waals surface area contributed by atoms with E-state index in [1.54, 1.807) is 0 Å². The number of halogens is 1. The van der Waals surface area contributed by atoms with Gasteiger partial charge in [-0.3, -0.25) is 10.1 Å². The van der Waals surface area contributed by atoms with Gasteiger partial charge in [0.15, 0.2) is 0 Å². The van der Waals surface area contributed by atoms with Gasteiger partial charge >= 0.3 is 12.1 Å². The summed E-state index contributed by atoms with van der Waals surface area (Å²) in [6.45, 7) is 0.608. The summed E-state index contributed by atoms with van der Waals surface area (Å²) >= 11 is 5.43. The van der Waals surface area contributed by atoms with Gasteiger partial charge in [0.05, 0.1) is 4.92 Å². The second-order valence-corrected chi connectivity index (χ2v) is 6.58. The van der Waals surface area contributed by atoms with Crippen LogP contribution in [0.5, 0.6) is 5.75 Å². The number of amides is 1. The van der Waals surface area contributed by atoms with E-state index in [4.69, 9.17) is 21.3 Å². The molecule has 0 heterocycles. The third-order valence-corrected chi connectivity index (χ3v) is 4.26. The van der Waals surface area contributed by atoms with Crippen LogP contribution in [0.1, 0.15) is 24.8 Å². The zero-order chi connectivity index (χ0) is 21.8. The quantitative estimate of drug-likeness (QED) is 0.138. The molecule has 0 radical (unpaired) electrons. The van der Waals surface area contributed by atoms with Crippen LogP contribution < -0.4 is 14.9 Å². The first-order valence-electron chi connectivity index (χ1n) is 9.26. The third-order valence-electron chi connectivity index (χ3n) is 4.07. The topological polar surface area (TPSA) is 120 Å². The summed E-state index contributed by atoms with van der Waals surface area (Å²) in [5.41, 5.74) is 0.688. The minimum atomic E-state index is -0.946. The van der Waals surface area contributed by atoms with Crippen molar-refractivity contribution < 1.29 is 24.0 Å². The van der Waals surface area contributed by atoms with Crippen LogP contribution in [0.4, 0.5) is 10.5 Å². The second kappa shape index (κ2) is 12.4. The van der Waals surface area contributed by atoms with Gasteiger partial charge in [-0.25, -0.2) is 14.4 Å². The summed E-state index contributed by atoms with van der Waals surface area (Å²) in [6, 6.07) is 13.3. The number of rotatable bonds is 11. The molecule has 2 aromatic carbocycles. The first-order valence-corrected chi connectivity index (χ1v) is 9.64. The SMILES string of the molecule is O=C(NC(CCCCNCl)C(=O)Oc1ccc([N+](=O)[O-])cc1)OCc1ccccc1. The Morgan fingerprint density at radius 1 is 1.07 bits per heavy atom. The predicted octanol–water partition coefficient (Wildman–Crippen LogP) is 3.71. The number of ether oxygens (including phenoxy) is 2. The molecule has 9 nitrogen and oxygen atoms in total. The molecule has 0 aromatic heterocycles. The van der Waals surface area contributed by atoms with Crippen molar-refractivity contribution in [2.24, 2.45) is 0 Å². The van der Waals surface area contributed by atoms with Gasteiger partial charge in [-0.2, -0.15) is 0 Å². The van der Waals surface area contributed by atoms with Gasteiger partial charge in [-0.1, -0.05) is 30.3 Å². The number of nitrogens with one attached hydrogen (secondary N) is 2. The van der Waals surface area contributed by atoms with E-state index >= 15 is 0 Å². The first-order chi connectivity index (χ1) is 14.5. The number of carbonyl (C=O) groups is 2. The fraction of sp³-hybridized carbons (Fsp3) is 0.300. The molecule has 0 bridgehead atoms. The average Bonchev–Trinajstić information content (AvgIpc) is 2.75. The van der Waals surface area contributed by atoms with Crippen LogP contribution in [0, 0.1) is 10.1 Å². The van der Waals surface area contributed by atoms with E-state index < -0.39 is 23.0 Å². The molecule has 0 aliphatic carbocycles. The molecule has 2 N–H and O–H groups in total. The molecule has 1 atom stereocenters. The highest BCUT2D eigenvalue weighted by atomic mass is 35.5. The van der Waals surface area contributed by atoms with Crippen LogP contribution in [0.25, 0.3) is 0 Å². The van der Waals surface area contributed by atoms with Crippen LogP contribution in [-0.2, 0) is 16.1 Å². The van der Waals surface area contributed by atoms with E-state index in [0.717, 1.165) is 5.56 Å². The molecular formula is C20H22ClN3O6. The van der Waals surface area contributed by atoms with Gasteiger partial charge in [0.25, 0.3) is 5.69 Å². The molecule has 0 spiro atoms. The molecule has 0 saturated heterocycles. The van der Waals surface area contributed by atoms with Crippen molar-refractivity contribution in [2.45, 2.75) is 31.9 Å². The minimum absolute atomic E-state index is 0.0625. The molecule has 10 heteroatoms. The van der Waals surface area contributed by atoms with Gasteiger partial charge in [-0.05, 0) is 48.7 Å². The summed E-state index contributed by atoms with van der Waals surface area (Å²) < 4.78 is 10.4. The summed E-state index contributed by atoms with van der Waals surface area (Å²) in [7, 11) is 0. The fourth-order valence-corrected chi connectivity index (χ4v) is 2.65. The molecule has 2 rings (SSSR count). The van der Waals surface area contributed by atoms with Crippen LogP contribution in [0.2, 0.25) is 0 Å².